The van der Waals surface area contributed by atoms with Crippen molar-refractivity contribution in [1.82, 2.24) is 9.38 Å². The van der Waals surface area contributed by atoms with Crippen LogP contribution in [0.2, 0.25) is 0 Å². The second-order valence-electron chi connectivity index (χ2n) is 4.35. The topological polar surface area (TPSA) is 17.3 Å². The van der Waals surface area contributed by atoms with Crippen molar-refractivity contribution in [3.05, 3.63) is 34.2 Å². The van der Waals surface area contributed by atoms with Gasteiger partial charge in [-0.15, -0.1) is 0 Å². The van der Waals surface area contributed by atoms with Crippen molar-refractivity contribution in [1.29, 1.82) is 0 Å². The minimum atomic E-state index is 0.680. The highest BCUT2D eigenvalue weighted by molar-refractivity contribution is 9.10. The quantitative estimate of drug-likeness (QED) is 0.769. The first-order valence-corrected chi connectivity index (χ1v) is 6.19. The number of aryl methyl sites for hydroxylation is 1. The van der Waals surface area contributed by atoms with Crippen molar-refractivity contribution in [2.45, 2.75) is 32.1 Å². The van der Waals surface area contributed by atoms with E-state index in [1.165, 1.54) is 30.5 Å². The number of halogens is 1. The normalized spacial score (nSPS) is 16.9. The number of aromatic nitrogens is 2. The lowest BCUT2D eigenvalue weighted by Gasteiger charge is -2.23. The van der Waals surface area contributed by atoms with E-state index >= 15 is 0 Å². The lowest BCUT2D eigenvalue weighted by molar-refractivity contribution is 0.411. The van der Waals surface area contributed by atoms with Crippen LogP contribution in [0, 0.1) is 6.92 Å². The maximum Gasteiger partial charge on any atom is 0.138 e. The van der Waals surface area contributed by atoms with Gasteiger partial charge in [0.1, 0.15) is 10.3 Å². The average Bonchev–Trinajstić information content (AvgIpc) is 2.41. The van der Waals surface area contributed by atoms with Crippen LogP contribution in [0.15, 0.2) is 22.9 Å². The van der Waals surface area contributed by atoms with Gasteiger partial charge < -0.3 is 0 Å². The molecule has 0 aromatic carbocycles. The summed E-state index contributed by atoms with van der Waals surface area (Å²) in [6.07, 6.45) is 6.02. The predicted molar refractivity (Wildman–Crippen MR) is 64.2 cm³/mol. The largest absolute Gasteiger partial charge is 0.294 e. The summed E-state index contributed by atoms with van der Waals surface area (Å²) in [5.41, 5.74) is 3.57. The van der Waals surface area contributed by atoms with Gasteiger partial charge in [0.25, 0.3) is 0 Å². The summed E-state index contributed by atoms with van der Waals surface area (Å²) in [6.45, 7) is 2.10. The van der Waals surface area contributed by atoms with Gasteiger partial charge in [-0.2, -0.15) is 0 Å². The number of hydrogen-bond acceptors (Lipinski definition) is 1. The van der Waals surface area contributed by atoms with E-state index in [1.54, 1.807) is 0 Å². The highest BCUT2D eigenvalue weighted by Gasteiger charge is 2.25. The number of rotatable bonds is 1. The van der Waals surface area contributed by atoms with Crippen molar-refractivity contribution in [2.24, 2.45) is 0 Å². The van der Waals surface area contributed by atoms with Crippen LogP contribution in [0.3, 0.4) is 0 Å². The first kappa shape index (κ1) is 9.40. The minimum Gasteiger partial charge on any atom is -0.294 e. The summed E-state index contributed by atoms with van der Waals surface area (Å²) in [7, 11) is 0. The van der Waals surface area contributed by atoms with Crippen LogP contribution in [0.4, 0.5) is 0 Å². The van der Waals surface area contributed by atoms with Crippen LogP contribution in [-0.2, 0) is 0 Å². The number of fused-ring (bicyclic) bond motifs is 1. The fraction of sp³-hybridized carbons (Fsp3) is 0.417. The highest BCUT2D eigenvalue weighted by Crippen LogP contribution is 2.39. The average molecular weight is 265 g/mol. The third kappa shape index (κ3) is 1.41. The molecule has 0 unspecified atom stereocenters. The Balaban J connectivity index is 2.19. The monoisotopic (exact) mass is 264 g/mol. The molecule has 3 heteroatoms. The molecule has 2 aromatic rings. The molecule has 3 rings (SSSR count). The summed E-state index contributed by atoms with van der Waals surface area (Å²) in [4.78, 5) is 4.71. The van der Waals surface area contributed by atoms with Gasteiger partial charge in [-0.1, -0.05) is 6.42 Å². The Hall–Kier alpha value is -0.830. The zero-order valence-electron chi connectivity index (χ0n) is 8.70. The summed E-state index contributed by atoms with van der Waals surface area (Å²) in [6, 6.07) is 4.25. The first-order valence-electron chi connectivity index (χ1n) is 5.40. The van der Waals surface area contributed by atoms with Crippen LogP contribution in [0.5, 0.6) is 0 Å². The van der Waals surface area contributed by atoms with Crippen molar-refractivity contribution >= 4 is 21.6 Å². The fourth-order valence-corrected chi connectivity index (χ4v) is 2.79. The lowest BCUT2D eigenvalue weighted by Crippen LogP contribution is -2.09. The Labute approximate surface area is 97.5 Å². The Morgan fingerprint density at radius 3 is 2.93 bits per heavy atom. The molecule has 1 aliphatic rings. The molecule has 0 saturated heterocycles. The summed E-state index contributed by atoms with van der Waals surface area (Å²) in [5.74, 6) is 0.680. The molecule has 1 saturated carbocycles. The molecular formula is C12H13BrN2. The van der Waals surface area contributed by atoms with E-state index in [0.29, 0.717) is 5.92 Å². The van der Waals surface area contributed by atoms with Crippen LogP contribution in [0.1, 0.15) is 36.4 Å². The van der Waals surface area contributed by atoms with Crippen LogP contribution >= 0.6 is 15.9 Å². The van der Waals surface area contributed by atoms with Gasteiger partial charge >= 0.3 is 0 Å². The molecule has 2 nitrogen and oxygen atoms in total. The molecule has 0 spiro atoms. The molecule has 1 fully saturated rings. The number of nitrogens with zero attached hydrogens (tertiary/aromatic N) is 2. The number of pyridine rings is 1. The van der Waals surface area contributed by atoms with Crippen molar-refractivity contribution in [3.63, 3.8) is 0 Å². The maximum absolute atomic E-state index is 4.71. The molecule has 2 heterocycles. The molecule has 0 aliphatic heterocycles. The van der Waals surface area contributed by atoms with E-state index in [4.69, 9.17) is 4.98 Å². The lowest BCUT2D eigenvalue weighted by atomic mass is 9.83. The van der Waals surface area contributed by atoms with Gasteiger partial charge in [0.05, 0.1) is 5.69 Å². The second kappa shape index (κ2) is 3.34. The molecule has 15 heavy (non-hydrogen) atoms. The minimum absolute atomic E-state index is 0.680. The van der Waals surface area contributed by atoms with E-state index in [9.17, 15) is 0 Å². The third-order valence-electron chi connectivity index (χ3n) is 3.24. The van der Waals surface area contributed by atoms with Gasteiger partial charge in [-0.05, 0) is 53.4 Å². The molecule has 0 bridgehead atoms. The van der Waals surface area contributed by atoms with Crippen LogP contribution < -0.4 is 0 Å². The molecule has 0 N–H and O–H groups in total. The van der Waals surface area contributed by atoms with E-state index in [1.807, 2.05) is 0 Å². The smallest absolute Gasteiger partial charge is 0.138 e. The van der Waals surface area contributed by atoms with Crippen molar-refractivity contribution < 1.29 is 0 Å². The molecule has 0 amide bonds. The second-order valence-corrected chi connectivity index (χ2v) is 5.10. The molecule has 78 valence electrons. The Kier molecular flexibility index (Phi) is 2.09. The van der Waals surface area contributed by atoms with E-state index in [-0.39, 0.29) is 0 Å². The number of imidazole rings is 1. The third-order valence-corrected chi connectivity index (χ3v) is 4.03. The molecule has 0 atom stereocenters. The molecule has 0 radical (unpaired) electrons. The van der Waals surface area contributed by atoms with Gasteiger partial charge in [0, 0.05) is 12.1 Å². The van der Waals surface area contributed by atoms with Gasteiger partial charge in [-0.3, -0.25) is 4.40 Å². The maximum atomic E-state index is 4.71. The fourth-order valence-electron chi connectivity index (χ4n) is 2.08. The standard InChI is InChI=1S/C12H13BrN2/c1-8-5-6-15-10(7-8)14-11(12(15)13)9-3-2-4-9/h5-7,9H,2-4H2,1H3. The predicted octanol–water partition coefficient (Wildman–Crippen LogP) is 3.67. The van der Waals surface area contributed by atoms with Gasteiger partial charge in [0.15, 0.2) is 0 Å². The molecular weight excluding hydrogens is 252 g/mol. The summed E-state index contributed by atoms with van der Waals surface area (Å²) in [5, 5.41) is 0. The van der Waals surface area contributed by atoms with Crippen molar-refractivity contribution in [2.75, 3.05) is 0 Å². The van der Waals surface area contributed by atoms with E-state index in [0.717, 1.165) is 10.3 Å². The molecule has 2 aromatic heterocycles. The van der Waals surface area contributed by atoms with Gasteiger partial charge in [0.2, 0.25) is 0 Å². The Morgan fingerprint density at radius 2 is 2.27 bits per heavy atom. The number of hydrogen-bond donors (Lipinski definition) is 0. The van der Waals surface area contributed by atoms with E-state index < -0.39 is 0 Å². The van der Waals surface area contributed by atoms with Gasteiger partial charge in [-0.25, -0.2) is 4.98 Å². The first-order chi connectivity index (χ1) is 7.25. The zero-order valence-corrected chi connectivity index (χ0v) is 10.3. The van der Waals surface area contributed by atoms with E-state index in [2.05, 4.69) is 45.6 Å². The summed E-state index contributed by atoms with van der Waals surface area (Å²) < 4.78 is 3.27. The van der Waals surface area contributed by atoms with Crippen LogP contribution in [0.25, 0.3) is 5.65 Å². The zero-order chi connectivity index (χ0) is 10.4. The molecule has 1 aliphatic carbocycles. The highest BCUT2D eigenvalue weighted by atomic mass is 79.9. The Morgan fingerprint density at radius 1 is 1.47 bits per heavy atom. The van der Waals surface area contributed by atoms with Crippen LogP contribution in [-0.4, -0.2) is 9.38 Å². The summed E-state index contributed by atoms with van der Waals surface area (Å²) >= 11 is 3.65. The Bertz CT molecular complexity index is 512. The SMILES string of the molecule is Cc1ccn2c(Br)c(C3CCC3)nc2c1. The van der Waals surface area contributed by atoms with Crippen molar-refractivity contribution in [3.8, 4) is 0 Å².